The first kappa shape index (κ1) is 13.6. The molecule has 0 saturated heterocycles. The summed E-state index contributed by atoms with van der Waals surface area (Å²) in [7, 11) is 1.83. The summed E-state index contributed by atoms with van der Waals surface area (Å²) in [6, 6.07) is 7.70. The van der Waals surface area contributed by atoms with E-state index in [1.807, 2.05) is 31.3 Å². The van der Waals surface area contributed by atoms with Crippen LogP contribution in [0.15, 0.2) is 28.8 Å². The highest BCUT2D eigenvalue weighted by Crippen LogP contribution is 2.27. The molecule has 110 valence electrons. The Morgan fingerprint density at radius 1 is 1.38 bits per heavy atom. The fourth-order valence-corrected chi connectivity index (χ4v) is 2.34. The van der Waals surface area contributed by atoms with E-state index < -0.39 is 0 Å². The average Bonchev–Trinajstić information content (AvgIpc) is 2.84. The van der Waals surface area contributed by atoms with Gasteiger partial charge in [-0.2, -0.15) is 4.98 Å². The first-order chi connectivity index (χ1) is 10.1. The largest absolute Gasteiger partial charge is 0.339 e. The molecule has 0 spiro atoms. The Balaban J connectivity index is 1.80. The van der Waals surface area contributed by atoms with Crippen LogP contribution in [0.25, 0.3) is 11.4 Å². The summed E-state index contributed by atoms with van der Waals surface area (Å²) < 4.78 is 5.01. The highest BCUT2D eigenvalue weighted by Gasteiger charge is 2.26. The maximum Gasteiger partial charge on any atom is 0.321 e. The van der Waals surface area contributed by atoms with Crippen molar-refractivity contribution in [1.29, 1.82) is 0 Å². The van der Waals surface area contributed by atoms with E-state index in [2.05, 4.69) is 15.5 Å². The normalized spacial score (nSPS) is 14.6. The number of hydrogen-bond acceptors (Lipinski definition) is 4. The number of rotatable bonds is 3. The van der Waals surface area contributed by atoms with E-state index in [-0.39, 0.29) is 6.03 Å². The highest BCUT2D eigenvalue weighted by atomic mass is 16.5. The van der Waals surface area contributed by atoms with Crippen molar-refractivity contribution >= 4 is 11.7 Å². The first-order valence-electron chi connectivity index (χ1n) is 7.08. The van der Waals surface area contributed by atoms with E-state index in [1.54, 1.807) is 11.8 Å². The molecule has 1 saturated carbocycles. The third-order valence-electron chi connectivity index (χ3n) is 3.88. The zero-order valence-corrected chi connectivity index (χ0v) is 12.2. The summed E-state index contributed by atoms with van der Waals surface area (Å²) in [5.74, 6) is 0.979. The molecule has 1 aliphatic carbocycles. The van der Waals surface area contributed by atoms with Gasteiger partial charge in [-0.15, -0.1) is 0 Å². The molecule has 0 radical (unpaired) electrons. The Morgan fingerprint density at radius 2 is 2.14 bits per heavy atom. The summed E-state index contributed by atoms with van der Waals surface area (Å²) >= 11 is 0. The van der Waals surface area contributed by atoms with Gasteiger partial charge in [-0.1, -0.05) is 17.3 Å². The number of benzene rings is 1. The van der Waals surface area contributed by atoms with E-state index in [9.17, 15) is 4.79 Å². The Hall–Kier alpha value is -2.37. The van der Waals surface area contributed by atoms with E-state index in [4.69, 9.17) is 4.52 Å². The second-order valence-corrected chi connectivity index (χ2v) is 5.31. The van der Waals surface area contributed by atoms with Crippen molar-refractivity contribution in [2.75, 3.05) is 12.4 Å². The Labute approximate surface area is 123 Å². The lowest BCUT2D eigenvalue weighted by Gasteiger charge is -2.34. The molecule has 0 bridgehead atoms. The number of amides is 2. The van der Waals surface area contributed by atoms with Crippen molar-refractivity contribution in [3.05, 3.63) is 30.2 Å². The molecule has 3 rings (SSSR count). The van der Waals surface area contributed by atoms with E-state index in [0.29, 0.717) is 23.4 Å². The number of carbonyl (C=O) groups excluding carboxylic acids is 1. The van der Waals surface area contributed by atoms with E-state index in [1.165, 1.54) is 6.42 Å². The van der Waals surface area contributed by atoms with Crippen LogP contribution in [0.2, 0.25) is 0 Å². The highest BCUT2D eigenvalue weighted by molar-refractivity contribution is 5.93. The number of nitrogens with zero attached hydrogens (tertiary/aromatic N) is 3. The summed E-state index contributed by atoms with van der Waals surface area (Å²) in [5, 5.41) is 6.84. The molecule has 2 amide bonds. The molecule has 1 heterocycles. The van der Waals surface area contributed by atoms with Gasteiger partial charge in [0.15, 0.2) is 0 Å². The summed E-state index contributed by atoms with van der Waals surface area (Å²) in [6.07, 6.45) is 3.35. The lowest BCUT2D eigenvalue weighted by Crippen LogP contribution is -2.43. The number of nitrogens with one attached hydrogen (secondary N) is 1. The van der Waals surface area contributed by atoms with E-state index in [0.717, 1.165) is 18.4 Å². The van der Waals surface area contributed by atoms with Gasteiger partial charge in [-0.25, -0.2) is 4.79 Å². The molecule has 6 nitrogen and oxygen atoms in total. The standard InChI is InChI=1S/C15H18N4O2/c1-10-16-14(18-21-10)12-8-3-4-9-13(12)17-15(20)19(2)11-6-5-7-11/h3-4,8-9,11H,5-7H2,1-2H3,(H,17,20). The summed E-state index contributed by atoms with van der Waals surface area (Å²) in [6.45, 7) is 1.74. The zero-order chi connectivity index (χ0) is 14.8. The Bertz CT molecular complexity index is 649. The minimum Gasteiger partial charge on any atom is -0.339 e. The van der Waals surface area contributed by atoms with Crippen LogP contribution in [0.5, 0.6) is 0 Å². The number of urea groups is 1. The van der Waals surface area contributed by atoms with Gasteiger partial charge < -0.3 is 14.7 Å². The monoisotopic (exact) mass is 286 g/mol. The molecule has 21 heavy (non-hydrogen) atoms. The first-order valence-corrected chi connectivity index (χ1v) is 7.08. The molecule has 1 fully saturated rings. The quantitative estimate of drug-likeness (QED) is 0.941. The third kappa shape index (κ3) is 2.74. The lowest BCUT2D eigenvalue weighted by molar-refractivity contribution is 0.169. The smallest absolute Gasteiger partial charge is 0.321 e. The zero-order valence-electron chi connectivity index (χ0n) is 12.2. The molecule has 2 aromatic rings. The van der Waals surface area contributed by atoms with Crippen LogP contribution in [-0.4, -0.2) is 34.2 Å². The Kier molecular flexibility index (Phi) is 3.60. The van der Waals surface area contributed by atoms with E-state index >= 15 is 0 Å². The predicted molar refractivity (Wildman–Crippen MR) is 78.9 cm³/mol. The summed E-state index contributed by atoms with van der Waals surface area (Å²) in [4.78, 5) is 18.3. The van der Waals surface area contributed by atoms with Gasteiger partial charge in [0.1, 0.15) is 0 Å². The molecular formula is C15H18N4O2. The van der Waals surface area contributed by atoms with Gasteiger partial charge in [0.25, 0.3) is 0 Å². The minimum atomic E-state index is -0.104. The molecule has 1 N–H and O–H groups in total. The molecular weight excluding hydrogens is 268 g/mol. The van der Waals surface area contributed by atoms with Crippen molar-refractivity contribution in [3.63, 3.8) is 0 Å². The number of hydrogen-bond donors (Lipinski definition) is 1. The van der Waals surface area contributed by atoms with Crippen molar-refractivity contribution in [2.24, 2.45) is 0 Å². The van der Waals surface area contributed by atoms with Gasteiger partial charge in [-0.3, -0.25) is 0 Å². The van der Waals surface area contributed by atoms with Crippen LogP contribution in [0.3, 0.4) is 0 Å². The molecule has 0 aliphatic heterocycles. The number of para-hydroxylation sites is 1. The average molecular weight is 286 g/mol. The van der Waals surface area contributed by atoms with Gasteiger partial charge in [-0.05, 0) is 31.4 Å². The number of aromatic nitrogens is 2. The topological polar surface area (TPSA) is 71.3 Å². The maximum absolute atomic E-state index is 12.3. The van der Waals surface area contributed by atoms with Crippen LogP contribution >= 0.6 is 0 Å². The molecule has 1 aromatic heterocycles. The third-order valence-corrected chi connectivity index (χ3v) is 3.88. The van der Waals surface area contributed by atoms with Crippen molar-refractivity contribution in [1.82, 2.24) is 15.0 Å². The molecule has 0 atom stereocenters. The van der Waals surface area contributed by atoms with Crippen molar-refractivity contribution in [3.8, 4) is 11.4 Å². The van der Waals surface area contributed by atoms with Gasteiger partial charge in [0, 0.05) is 25.6 Å². The van der Waals surface area contributed by atoms with Crippen molar-refractivity contribution < 1.29 is 9.32 Å². The fourth-order valence-electron chi connectivity index (χ4n) is 2.34. The second kappa shape index (κ2) is 5.55. The maximum atomic E-state index is 12.3. The molecule has 0 unspecified atom stereocenters. The minimum absolute atomic E-state index is 0.104. The van der Waals surface area contributed by atoms with Crippen LogP contribution in [0.4, 0.5) is 10.5 Å². The van der Waals surface area contributed by atoms with Gasteiger partial charge in [0.05, 0.1) is 5.69 Å². The number of carbonyl (C=O) groups is 1. The predicted octanol–water partition coefficient (Wildman–Crippen LogP) is 3.06. The molecule has 1 aliphatic rings. The number of aryl methyl sites for hydroxylation is 1. The Morgan fingerprint density at radius 3 is 2.76 bits per heavy atom. The van der Waals surface area contributed by atoms with Crippen LogP contribution in [-0.2, 0) is 0 Å². The SMILES string of the molecule is Cc1nc(-c2ccccc2NC(=O)N(C)C2CCC2)no1. The van der Waals surface area contributed by atoms with Crippen LogP contribution < -0.4 is 5.32 Å². The number of anilines is 1. The lowest BCUT2D eigenvalue weighted by atomic mass is 9.92. The molecule has 6 heteroatoms. The molecule has 1 aromatic carbocycles. The fraction of sp³-hybridized carbons (Fsp3) is 0.400. The van der Waals surface area contributed by atoms with Crippen LogP contribution in [0, 0.1) is 6.92 Å². The second-order valence-electron chi connectivity index (χ2n) is 5.31. The van der Waals surface area contributed by atoms with Gasteiger partial charge >= 0.3 is 6.03 Å². The van der Waals surface area contributed by atoms with Crippen molar-refractivity contribution in [2.45, 2.75) is 32.2 Å². The summed E-state index contributed by atoms with van der Waals surface area (Å²) in [5.41, 5.74) is 1.44. The van der Waals surface area contributed by atoms with Crippen LogP contribution in [0.1, 0.15) is 25.2 Å². The van der Waals surface area contributed by atoms with Gasteiger partial charge in [0.2, 0.25) is 11.7 Å².